The Morgan fingerprint density at radius 1 is 1.42 bits per heavy atom. The van der Waals surface area contributed by atoms with E-state index in [1.807, 2.05) is 17.1 Å². The minimum atomic E-state index is 0.252. The molecule has 7 heteroatoms. The molecule has 2 aromatic rings. The monoisotopic (exact) mass is 295 g/mol. The summed E-state index contributed by atoms with van der Waals surface area (Å²) in [6.07, 6.45) is 0. The lowest BCUT2D eigenvalue weighted by Gasteiger charge is -2.38. The highest BCUT2D eigenvalue weighted by molar-refractivity contribution is 8.00. The zero-order valence-corrected chi connectivity index (χ0v) is 12.6. The lowest BCUT2D eigenvalue weighted by atomic mass is 10.2. The SMILES string of the molecule is CC1(C)CN(c2nc(NN)nc3sccc23)CCS1. The Kier molecular flexibility index (Phi) is 3.28. The standard InChI is InChI=1S/C12H17N5S2/c1-12(2)7-17(4-6-19-12)9-8-3-5-18-10(8)15-11(14-9)16-13/h3,5H,4,6-7,13H2,1-2H3,(H,14,15,16). The topological polar surface area (TPSA) is 67.1 Å². The summed E-state index contributed by atoms with van der Waals surface area (Å²) in [5.41, 5.74) is 2.56. The molecule has 0 unspecified atom stereocenters. The summed E-state index contributed by atoms with van der Waals surface area (Å²) >= 11 is 3.63. The maximum atomic E-state index is 5.47. The van der Waals surface area contributed by atoms with E-state index in [0.717, 1.165) is 34.9 Å². The number of anilines is 2. The number of nitrogen functional groups attached to an aromatic ring is 1. The number of nitrogens with zero attached hydrogens (tertiary/aromatic N) is 3. The Labute approximate surface area is 120 Å². The van der Waals surface area contributed by atoms with Crippen LogP contribution in [0.1, 0.15) is 13.8 Å². The molecule has 0 saturated carbocycles. The van der Waals surface area contributed by atoms with Crippen molar-refractivity contribution in [2.75, 3.05) is 29.2 Å². The number of nitrogens with one attached hydrogen (secondary N) is 1. The van der Waals surface area contributed by atoms with Crippen LogP contribution in [-0.4, -0.2) is 33.6 Å². The molecule has 0 bridgehead atoms. The van der Waals surface area contributed by atoms with Crippen LogP contribution < -0.4 is 16.2 Å². The fourth-order valence-corrected chi connectivity index (χ4v) is 4.21. The van der Waals surface area contributed by atoms with E-state index in [1.54, 1.807) is 11.3 Å². The molecule has 1 aliphatic rings. The second-order valence-electron chi connectivity index (χ2n) is 5.18. The summed E-state index contributed by atoms with van der Waals surface area (Å²) in [6.45, 7) is 6.56. The van der Waals surface area contributed by atoms with Crippen molar-refractivity contribution in [1.82, 2.24) is 9.97 Å². The third-order valence-corrected chi connectivity index (χ3v) is 5.26. The van der Waals surface area contributed by atoms with E-state index >= 15 is 0 Å². The van der Waals surface area contributed by atoms with Crippen molar-refractivity contribution in [3.05, 3.63) is 11.4 Å². The molecule has 2 aromatic heterocycles. The lowest BCUT2D eigenvalue weighted by Crippen LogP contribution is -2.43. The van der Waals surface area contributed by atoms with Crippen LogP contribution in [0.15, 0.2) is 11.4 Å². The van der Waals surface area contributed by atoms with Gasteiger partial charge in [-0.1, -0.05) is 0 Å². The van der Waals surface area contributed by atoms with E-state index in [-0.39, 0.29) is 4.75 Å². The third-order valence-electron chi connectivity index (χ3n) is 3.16. The third kappa shape index (κ3) is 2.50. The van der Waals surface area contributed by atoms with Gasteiger partial charge in [-0.05, 0) is 25.3 Å². The Balaban J connectivity index is 2.05. The molecular formula is C12H17N5S2. The molecule has 102 valence electrons. The van der Waals surface area contributed by atoms with Crippen LogP contribution in [0.2, 0.25) is 0 Å². The molecule has 1 fully saturated rings. The number of aromatic nitrogens is 2. The Morgan fingerprint density at radius 2 is 2.26 bits per heavy atom. The maximum absolute atomic E-state index is 5.47. The number of rotatable bonds is 2. The van der Waals surface area contributed by atoms with Gasteiger partial charge in [0.05, 0.1) is 5.39 Å². The van der Waals surface area contributed by atoms with Gasteiger partial charge in [0.15, 0.2) is 0 Å². The Hall–Kier alpha value is -1.05. The molecule has 0 spiro atoms. The number of hydrogen-bond acceptors (Lipinski definition) is 7. The minimum Gasteiger partial charge on any atom is -0.354 e. The predicted octanol–water partition coefficient (Wildman–Crippen LogP) is 2.31. The van der Waals surface area contributed by atoms with Crippen LogP contribution in [0.25, 0.3) is 10.2 Å². The fraction of sp³-hybridized carbons (Fsp3) is 0.500. The zero-order valence-electron chi connectivity index (χ0n) is 11.0. The van der Waals surface area contributed by atoms with E-state index in [0.29, 0.717) is 5.95 Å². The van der Waals surface area contributed by atoms with E-state index < -0.39 is 0 Å². The summed E-state index contributed by atoms with van der Waals surface area (Å²) in [5.74, 6) is 8.07. The van der Waals surface area contributed by atoms with Crippen LogP contribution in [0.5, 0.6) is 0 Å². The lowest BCUT2D eigenvalue weighted by molar-refractivity contribution is 0.644. The van der Waals surface area contributed by atoms with Crippen LogP contribution in [0.4, 0.5) is 11.8 Å². The van der Waals surface area contributed by atoms with Gasteiger partial charge < -0.3 is 4.90 Å². The number of fused-ring (bicyclic) bond motifs is 1. The Morgan fingerprint density at radius 3 is 3.00 bits per heavy atom. The van der Waals surface area contributed by atoms with Gasteiger partial charge in [0.2, 0.25) is 5.95 Å². The number of thioether (sulfide) groups is 1. The first-order valence-electron chi connectivity index (χ1n) is 6.20. The maximum Gasteiger partial charge on any atom is 0.240 e. The van der Waals surface area contributed by atoms with Crippen molar-refractivity contribution < 1.29 is 0 Å². The predicted molar refractivity (Wildman–Crippen MR) is 84.0 cm³/mol. The molecule has 19 heavy (non-hydrogen) atoms. The van der Waals surface area contributed by atoms with Gasteiger partial charge in [0.25, 0.3) is 0 Å². The molecular weight excluding hydrogens is 278 g/mol. The average molecular weight is 295 g/mol. The summed E-state index contributed by atoms with van der Waals surface area (Å²) in [4.78, 5) is 12.3. The summed E-state index contributed by atoms with van der Waals surface area (Å²) in [6, 6.07) is 2.09. The number of hydrazine groups is 1. The molecule has 0 atom stereocenters. The molecule has 5 nitrogen and oxygen atoms in total. The molecule has 0 aromatic carbocycles. The molecule has 0 amide bonds. The molecule has 0 radical (unpaired) electrons. The highest BCUT2D eigenvalue weighted by Gasteiger charge is 2.29. The normalized spacial score (nSPS) is 18.8. The highest BCUT2D eigenvalue weighted by atomic mass is 32.2. The van der Waals surface area contributed by atoms with Crippen LogP contribution >= 0.6 is 23.1 Å². The van der Waals surface area contributed by atoms with Crippen molar-refractivity contribution in [2.45, 2.75) is 18.6 Å². The van der Waals surface area contributed by atoms with E-state index in [4.69, 9.17) is 5.84 Å². The van der Waals surface area contributed by atoms with Crippen molar-refractivity contribution in [2.24, 2.45) is 5.84 Å². The smallest absolute Gasteiger partial charge is 0.240 e. The second-order valence-corrected chi connectivity index (χ2v) is 7.88. The van der Waals surface area contributed by atoms with Crippen LogP contribution in [-0.2, 0) is 0 Å². The fourth-order valence-electron chi connectivity index (χ4n) is 2.34. The van der Waals surface area contributed by atoms with E-state index in [1.165, 1.54) is 0 Å². The zero-order chi connectivity index (χ0) is 13.5. The van der Waals surface area contributed by atoms with E-state index in [9.17, 15) is 0 Å². The number of thiophene rings is 1. The minimum absolute atomic E-state index is 0.252. The summed E-state index contributed by atoms with van der Waals surface area (Å²) < 4.78 is 0.252. The first-order valence-corrected chi connectivity index (χ1v) is 8.06. The quantitative estimate of drug-likeness (QED) is 0.654. The number of nitrogens with two attached hydrogens (primary N) is 1. The van der Waals surface area contributed by atoms with Crippen LogP contribution in [0, 0.1) is 0 Å². The van der Waals surface area contributed by atoms with Crippen LogP contribution in [0.3, 0.4) is 0 Å². The molecule has 3 heterocycles. The second kappa shape index (κ2) is 4.81. The molecule has 3 rings (SSSR count). The van der Waals surface area contributed by atoms with Crippen molar-refractivity contribution in [3.8, 4) is 0 Å². The molecule has 0 aliphatic carbocycles. The summed E-state index contributed by atoms with van der Waals surface area (Å²) in [7, 11) is 0. The van der Waals surface area contributed by atoms with Gasteiger partial charge in [0, 0.05) is 23.6 Å². The van der Waals surface area contributed by atoms with Crippen molar-refractivity contribution in [1.29, 1.82) is 0 Å². The molecule has 1 aliphatic heterocycles. The summed E-state index contributed by atoms with van der Waals surface area (Å²) in [5, 5.41) is 3.17. The first-order chi connectivity index (χ1) is 9.09. The van der Waals surface area contributed by atoms with Gasteiger partial charge in [-0.25, -0.2) is 10.8 Å². The van der Waals surface area contributed by atoms with Crippen molar-refractivity contribution >= 4 is 45.1 Å². The van der Waals surface area contributed by atoms with Gasteiger partial charge in [-0.2, -0.15) is 16.7 Å². The van der Waals surface area contributed by atoms with Gasteiger partial charge in [-0.15, -0.1) is 11.3 Å². The Bertz CT molecular complexity index is 595. The molecule has 3 N–H and O–H groups in total. The van der Waals surface area contributed by atoms with Gasteiger partial charge >= 0.3 is 0 Å². The largest absolute Gasteiger partial charge is 0.354 e. The van der Waals surface area contributed by atoms with E-state index in [2.05, 4.69) is 40.2 Å². The first kappa shape index (κ1) is 13.0. The average Bonchev–Trinajstić information content (AvgIpc) is 2.84. The van der Waals surface area contributed by atoms with Gasteiger partial charge in [-0.3, -0.25) is 5.43 Å². The van der Waals surface area contributed by atoms with Crippen molar-refractivity contribution in [3.63, 3.8) is 0 Å². The highest BCUT2D eigenvalue weighted by Crippen LogP contribution is 2.35. The van der Waals surface area contributed by atoms with Gasteiger partial charge in [0.1, 0.15) is 10.6 Å². The molecule has 1 saturated heterocycles. The number of hydrogen-bond donors (Lipinski definition) is 2.